The van der Waals surface area contributed by atoms with Crippen molar-refractivity contribution in [3.63, 3.8) is 0 Å². The standard InChI is InChI=1S/C11H17BrO/c1-3-4-5-6-9-8(2)10(12)7-11(9)13/h10H,3-7H2,1-2H3. The van der Waals surface area contributed by atoms with Gasteiger partial charge in [0.15, 0.2) is 5.78 Å². The molecule has 0 saturated carbocycles. The largest absolute Gasteiger partial charge is 0.295 e. The zero-order chi connectivity index (χ0) is 9.84. The average Bonchev–Trinajstić information content (AvgIpc) is 2.32. The van der Waals surface area contributed by atoms with Crippen molar-refractivity contribution in [3.05, 3.63) is 11.1 Å². The van der Waals surface area contributed by atoms with Crippen molar-refractivity contribution >= 4 is 21.7 Å². The van der Waals surface area contributed by atoms with Crippen LogP contribution in [0.1, 0.15) is 46.0 Å². The van der Waals surface area contributed by atoms with Crippen LogP contribution in [0, 0.1) is 0 Å². The molecule has 0 heterocycles. The minimum Gasteiger partial charge on any atom is -0.295 e. The van der Waals surface area contributed by atoms with E-state index in [1.54, 1.807) is 0 Å². The van der Waals surface area contributed by atoms with Crippen LogP contribution in [0.25, 0.3) is 0 Å². The topological polar surface area (TPSA) is 17.1 Å². The van der Waals surface area contributed by atoms with Crippen molar-refractivity contribution in [2.75, 3.05) is 0 Å². The fourth-order valence-electron chi connectivity index (χ4n) is 1.74. The highest BCUT2D eigenvalue weighted by Crippen LogP contribution is 2.31. The van der Waals surface area contributed by atoms with Crippen LogP contribution in [0.3, 0.4) is 0 Å². The Balaban J connectivity index is 2.51. The molecule has 0 aromatic rings. The van der Waals surface area contributed by atoms with E-state index in [1.165, 1.54) is 18.4 Å². The van der Waals surface area contributed by atoms with Crippen LogP contribution < -0.4 is 0 Å². The monoisotopic (exact) mass is 244 g/mol. The quantitative estimate of drug-likeness (QED) is 0.546. The number of allylic oxidation sites excluding steroid dienone is 2. The lowest BCUT2D eigenvalue weighted by molar-refractivity contribution is -0.115. The number of carbonyl (C=O) groups is 1. The fourth-order valence-corrected chi connectivity index (χ4v) is 2.31. The summed E-state index contributed by atoms with van der Waals surface area (Å²) in [6.07, 6.45) is 5.28. The van der Waals surface area contributed by atoms with Gasteiger partial charge in [-0.05, 0) is 25.3 Å². The maximum absolute atomic E-state index is 11.5. The molecular weight excluding hydrogens is 228 g/mol. The summed E-state index contributed by atoms with van der Waals surface area (Å²) in [4.78, 5) is 11.8. The van der Waals surface area contributed by atoms with Gasteiger partial charge in [-0.3, -0.25) is 4.79 Å². The number of halogens is 1. The van der Waals surface area contributed by atoms with Gasteiger partial charge >= 0.3 is 0 Å². The second kappa shape index (κ2) is 4.94. The molecule has 1 aliphatic carbocycles. The van der Waals surface area contributed by atoms with E-state index in [0.717, 1.165) is 18.4 Å². The van der Waals surface area contributed by atoms with Crippen molar-refractivity contribution in [2.24, 2.45) is 0 Å². The van der Waals surface area contributed by atoms with E-state index in [1.807, 2.05) is 0 Å². The lowest BCUT2D eigenvalue weighted by Crippen LogP contribution is -1.97. The number of ketones is 1. The van der Waals surface area contributed by atoms with E-state index in [4.69, 9.17) is 0 Å². The number of alkyl halides is 1. The van der Waals surface area contributed by atoms with E-state index in [9.17, 15) is 4.79 Å². The molecule has 0 N–H and O–H groups in total. The van der Waals surface area contributed by atoms with Crippen molar-refractivity contribution < 1.29 is 4.79 Å². The number of hydrogen-bond acceptors (Lipinski definition) is 1. The van der Waals surface area contributed by atoms with E-state index in [-0.39, 0.29) is 0 Å². The molecule has 0 spiro atoms. The summed E-state index contributed by atoms with van der Waals surface area (Å²) >= 11 is 3.51. The Morgan fingerprint density at radius 2 is 2.15 bits per heavy atom. The lowest BCUT2D eigenvalue weighted by atomic mass is 10.0. The third kappa shape index (κ3) is 2.67. The minimum absolute atomic E-state index is 0.316. The van der Waals surface area contributed by atoms with Crippen LogP contribution in [0.15, 0.2) is 11.1 Å². The van der Waals surface area contributed by atoms with E-state index < -0.39 is 0 Å². The molecule has 1 aliphatic rings. The van der Waals surface area contributed by atoms with Crippen LogP contribution in [-0.2, 0) is 4.79 Å². The first-order valence-electron chi connectivity index (χ1n) is 5.03. The first kappa shape index (κ1) is 11.0. The Hall–Kier alpha value is -0.110. The van der Waals surface area contributed by atoms with Gasteiger partial charge in [-0.25, -0.2) is 0 Å². The molecule has 0 aromatic carbocycles. The summed E-state index contributed by atoms with van der Waals surface area (Å²) in [6.45, 7) is 4.26. The van der Waals surface area contributed by atoms with Gasteiger partial charge in [-0.15, -0.1) is 0 Å². The van der Waals surface area contributed by atoms with Crippen molar-refractivity contribution in [1.82, 2.24) is 0 Å². The Bertz CT molecular complexity index is 230. The molecule has 74 valence electrons. The van der Waals surface area contributed by atoms with Gasteiger partial charge in [0, 0.05) is 11.2 Å². The second-order valence-corrected chi connectivity index (χ2v) is 4.82. The average molecular weight is 245 g/mol. The number of Topliss-reactive ketones (excluding diaryl/α,β-unsaturated/α-hetero) is 1. The van der Waals surface area contributed by atoms with E-state index in [2.05, 4.69) is 29.8 Å². The summed E-state index contributed by atoms with van der Waals surface area (Å²) in [6, 6.07) is 0. The van der Waals surface area contributed by atoms with E-state index >= 15 is 0 Å². The first-order valence-corrected chi connectivity index (χ1v) is 5.95. The summed E-state index contributed by atoms with van der Waals surface area (Å²) in [5.74, 6) is 0.357. The van der Waals surface area contributed by atoms with Gasteiger partial charge in [-0.2, -0.15) is 0 Å². The summed E-state index contributed by atoms with van der Waals surface area (Å²) in [5, 5.41) is 0. The summed E-state index contributed by atoms with van der Waals surface area (Å²) in [5.41, 5.74) is 2.36. The third-order valence-electron chi connectivity index (χ3n) is 2.68. The van der Waals surface area contributed by atoms with Crippen LogP contribution >= 0.6 is 15.9 Å². The van der Waals surface area contributed by atoms with Crippen LogP contribution in [0.4, 0.5) is 0 Å². The van der Waals surface area contributed by atoms with Crippen LogP contribution in [0.5, 0.6) is 0 Å². The molecule has 2 heteroatoms. The molecule has 0 aromatic heterocycles. The van der Waals surface area contributed by atoms with Gasteiger partial charge in [0.05, 0.1) is 0 Å². The fraction of sp³-hybridized carbons (Fsp3) is 0.727. The highest BCUT2D eigenvalue weighted by molar-refractivity contribution is 9.09. The molecule has 0 fully saturated rings. The van der Waals surface area contributed by atoms with Gasteiger partial charge < -0.3 is 0 Å². The Morgan fingerprint density at radius 1 is 1.46 bits per heavy atom. The van der Waals surface area contributed by atoms with E-state index in [0.29, 0.717) is 17.0 Å². The number of hydrogen-bond donors (Lipinski definition) is 0. The highest BCUT2D eigenvalue weighted by atomic mass is 79.9. The molecule has 0 saturated heterocycles. The SMILES string of the molecule is CCCCCC1=C(C)C(Br)CC1=O. The molecule has 0 aliphatic heterocycles. The summed E-state index contributed by atoms with van der Waals surface area (Å²) in [7, 11) is 0. The molecule has 1 rings (SSSR count). The van der Waals surface area contributed by atoms with Crippen LogP contribution in [-0.4, -0.2) is 10.6 Å². The molecule has 1 atom stereocenters. The zero-order valence-corrected chi connectivity index (χ0v) is 9.99. The van der Waals surface area contributed by atoms with Crippen molar-refractivity contribution in [3.8, 4) is 0 Å². The molecule has 13 heavy (non-hydrogen) atoms. The number of rotatable bonds is 4. The van der Waals surface area contributed by atoms with Gasteiger partial charge in [-0.1, -0.05) is 41.3 Å². The first-order chi connectivity index (χ1) is 6.16. The molecule has 0 bridgehead atoms. The number of carbonyl (C=O) groups excluding carboxylic acids is 1. The molecule has 0 radical (unpaired) electrons. The normalized spacial score (nSPS) is 23.0. The van der Waals surface area contributed by atoms with Crippen LogP contribution in [0.2, 0.25) is 0 Å². The lowest BCUT2D eigenvalue weighted by Gasteiger charge is -2.02. The Morgan fingerprint density at radius 3 is 2.62 bits per heavy atom. The maximum Gasteiger partial charge on any atom is 0.160 e. The minimum atomic E-state index is 0.316. The Kier molecular flexibility index (Phi) is 4.17. The Labute approximate surface area is 88.7 Å². The van der Waals surface area contributed by atoms with Gasteiger partial charge in [0.2, 0.25) is 0 Å². The van der Waals surface area contributed by atoms with Crippen molar-refractivity contribution in [1.29, 1.82) is 0 Å². The maximum atomic E-state index is 11.5. The molecular formula is C11H17BrO. The summed E-state index contributed by atoms with van der Waals surface area (Å²) < 4.78 is 0. The second-order valence-electron chi connectivity index (χ2n) is 3.71. The number of unbranched alkanes of at least 4 members (excludes halogenated alkanes) is 2. The van der Waals surface area contributed by atoms with Crippen molar-refractivity contribution in [2.45, 2.75) is 50.8 Å². The molecule has 1 nitrogen and oxygen atoms in total. The molecule has 0 amide bonds. The predicted octanol–water partition coefficient (Wildman–Crippen LogP) is 3.62. The zero-order valence-electron chi connectivity index (χ0n) is 8.40. The highest BCUT2D eigenvalue weighted by Gasteiger charge is 2.26. The van der Waals surface area contributed by atoms with Gasteiger partial charge in [0.1, 0.15) is 0 Å². The molecule has 1 unspecified atom stereocenters. The third-order valence-corrected chi connectivity index (χ3v) is 3.69. The van der Waals surface area contributed by atoms with Gasteiger partial charge in [0.25, 0.3) is 0 Å². The predicted molar refractivity (Wildman–Crippen MR) is 59.2 cm³/mol. The smallest absolute Gasteiger partial charge is 0.160 e.